The van der Waals surface area contributed by atoms with Gasteiger partial charge in [-0.15, -0.1) is 11.3 Å². The van der Waals surface area contributed by atoms with Crippen LogP contribution < -0.4 is 10.6 Å². The molecule has 8 heteroatoms. The average Bonchev–Trinajstić information content (AvgIpc) is 3.44. The molecule has 2 aromatic rings. The summed E-state index contributed by atoms with van der Waals surface area (Å²) in [7, 11) is 0. The lowest BCUT2D eigenvalue weighted by Crippen LogP contribution is -2.22. The van der Waals surface area contributed by atoms with E-state index in [0.29, 0.717) is 21.3 Å². The minimum atomic E-state index is -0.634. The van der Waals surface area contributed by atoms with Gasteiger partial charge in [0.1, 0.15) is 5.00 Å². The van der Waals surface area contributed by atoms with Crippen molar-refractivity contribution in [3.8, 4) is 0 Å². The smallest absolute Gasteiger partial charge is 0.341 e. The third-order valence-electron chi connectivity index (χ3n) is 4.56. The monoisotopic (exact) mass is 420 g/mol. The van der Waals surface area contributed by atoms with E-state index in [1.165, 1.54) is 11.3 Å². The molecule has 0 atom stereocenters. The van der Waals surface area contributed by atoms with Crippen LogP contribution in [-0.4, -0.2) is 24.4 Å². The third-order valence-corrected chi connectivity index (χ3v) is 6.09. The number of esters is 1. The topological polar surface area (TPSA) is 84.5 Å². The van der Waals surface area contributed by atoms with E-state index in [-0.39, 0.29) is 11.8 Å². The fourth-order valence-corrected chi connectivity index (χ4v) is 3.82. The Morgan fingerprint density at radius 2 is 1.89 bits per heavy atom. The number of carbonyl (C=O) groups is 3. The minimum absolute atomic E-state index is 0.0266. The van der Waals surface area contributed by atoms with Crippen LogP contribution in [0.25, 0.3) is 0 Å². The largest absolute Gasteiger partial charge is 0.452 e. The molecule has 6 nitrogen and oxygen atoms in total. The van der Waals surface area contributed by atoms with Gasteiger partial charge >= 0.3 is 5.97 Å². The van der Waals surface area contributed by atoms with Gasteiger partial charge in [-0.3, -0.25) is 9.59 Å². The molecule has 0 spiro atoms. The summed E-state index contributed by atoms with van der Waals surface area (Å²) in [5, 5.41) is 6.47. The first kappa shape index (κ1) is 20.4. The van der Waals surface area contributed by atoms with Crippen molar-refractivity contribution in [2.45, 2.75) is 33.6 Å². The number of hydrogen-bond acceptors (Lipinski definition) is 5. The molecule has 1 saturated carbocycles. The van der Waals surface area contributed by atoms with Gasteiger partial charge < -0.3 is 15.4 Å². The van der Waals surface area contributed by atoms with Gasteiger partial charge in [0.25, 0.3) is 5.91 Å². The van der Waals surface area contributed by atoms with Crippen molar-refractivity contribution in [2.24, 2.45) is 5.92 Å². The molecule has 0 bridgehead atoms. The van der Waals surface area contributed by atoms with E-state index in [2.05, 4.69) is 10.6 Å². The van der Waals surface area contributed by atoms with Gasteiger partial charge in [0.2, 0.25) is 5.91 Å². The van der Waals surface area contributed by atoms with Crippen molar-refractivity contribution in [2.75, 3.05) is 17.2 Å². The van der Waals surface area contributed by atoms with E-state index in [1.807, 2.05) is 13.8 Å². The lowest BCUT2D eigenvalue weighted by molar-refractivity contribution is -0.119. The van der Waals surface area contributed by atoms with Crippen LogP contribution in [0.15, 0.2) is 18.2 Å². The zero-order valence-electron chi connectivity index (χ0n) is 15.8. The van der Waals surface area contributed by atoms with Crippen molar-refractivity contribution in [1.29, 1.82) is 0 Å². The number of rotatable bonds is 6. The first-order chi connectivity index (χ1) is 13.3. The summed E-state index contributed by atoms with van der Waals surface area (Å²) in [5.74, 6) is -1.16. The Hall–Kier alpha value is -2.38. The Balaban J connectivity index is 1.63. The van der Waals surface area contributed by atoms with Crippen LogP contribution in [0.1, 0.15) is 39.2 Å². The second-order valence-electron chi connectivity index (χ2n) is 6.84. The summed E-state index contributed by atoms with van der Waals surface area (Å²) in [5.41, 5.74) is 2.47. The predicted molar refractivity (Wildman–Crippen MR) is 110 cm³/mol. The zero-order valence-corrected chi connectivity index (χ0v) is 17.4. The molecule has 28 heavy (non-hydrogen) atoms. The van der Waals surface area contributed by atoms with Crippen molar-refractivity contribution < 1.29 is 19.1 Å². The van der Waals surface area contributed by atoms with Gasteiger partial charge in [-0.1, -0.05) is 17.7 Å². The molecule has 3 rings (SSSR count). The normalized spacial score (nSPS) is 13.1. The number of nitrogens with one attached hydrogen (secondary N) is 2. The highest BCUT2D eigenvalue weighted by atomic mass is 35.5. The summed E-state index contributed by atoms with van der Waals surface area (Å²) < 4.78 is 5.18. The van der Waals surface area contributed by atoms with Crippen molar-refractivity contribution >= 4 is 51.4 Å². The van der Waals surface area contributed by atoms with E-state index in [4.69, 9.17) is 16.3 Å². The molecular weight excluding hydrogens is 400 g/mol. The number of amides is 2. The number of halogens is 1. The molecule has 1 aromatic carbocycles. The Morgan fingerprint density at radius 3 is 2.54 bits per heavy atom. The average molecular weight is 421 g/mol. The second-order valence-corrected chi connectivity index (χ2v) is 8.47. The summed E-state index contributed by atoms with van der Waals surface area (Å²) in [6.07, 6.45) is 1.75. The summed E-state index contributed by atoms with van der Waals surface area (Å²) in [6, 6.07) is 5.14. The van der Waals surface area contributed by atoms with Crippen LogP contribution >= 0.6 is 22.9 Å². The van der Waals surface area contributed by atoms with Crippen molar-refractivity contribution in [3.63, 3.8) is 0 Å². The highest BCUT2D eigenvalue weighted by Crippen LogP contribution is 2.36. The Morgan fingerprint density at radius 1 is 1.18 bits per heavy atom. The number of anilines is 2. The molecule has 2 amide bonds. The Kier molecular flexibility index (Phi) is 6.05. The number of aryl methyl sites for hydroxylation is 2. The molecule has 0 aliphatic heterocycles. The second kappa shape index (κ2) is 8.32. The summed E-state index contributed by atoms with van der Waals surface area (Å²) >= 11 is 7.37. The van der Waals surface area contributed by atoms with Gasteiger partial charge in [0, 0.05) is 21.5 Å². The molecule has 1 aliphatic rings. The standard InChI is InChI=1S/C20H21ClN2O4S/c1-10-4-7-14(8-15(10)21)22-16(24)9-27-20(26)17-11(2)12(3)28-19(17)23-18(25)13-5-6-13/h4,7-8,13H,5-6,9H2,1-3H3,(H,22,24)(H,23,25). The molecule has 1 fully saturated rings. The summed E-state index contributed by atoms with van der Waals surface area (Å²) in [6.45, 7) is 5.09. The van der Waals surface area contributed by atoms with Crippen LogP contribution in [0.3, 0.4) is 0 Å². The molecule has 148 valence electrons. The molecule has 2 N–H and O–H groups in total. The number of hydrogen-bond donors (Lipinski definition) is 2. The predicted octanol–water partition coefficient (Wildman–Crippen LogP) is 4.47. The highest BCUT2D eigenvalue weighted by Gasteiger charge is 2.31. The molecule has 0 saturated heterocycles. The van der Waals surface area contributed by atoms with Crippen LogP contribution in [-0.2, 0) is 14.3 Å². The van der Waals surface area contributed by atoms with E-state index in [1.54, 1.807) is 25.1 Å². The highest BCUT2D eigenvalue weighted by molar-refractivity contribution is 7.16. The Labute approximate surface area is 172 Å². The minimum Gasteiger partial charge on any atom is -0.452 e. The van der Waals surface area contributed by atoms with Gasteiger partial charge in [0.15, 0.2) is 6.61 Å². The van der Waals surface area contributed by atoms with Gasteiger partial charge in [-0.25, -0.2) is 4.79 Å². The fourth-order valence-electron chi connectivity index (χ4n) is 2.59. The van der Waals surface area contributed by atoms with Crippen LogP contribution in [0.4, 0.5) is 10.7 Å². The first-order valence-corrected chi connectivity index (χ1v) is 10.1. The molecule has 0 unspecified atom stereocenters. The van der Waals surface area contributed by atoms with Crippen molar-refractivity contribution in [3.05, 3.63) is 44.8 Å². The first-order valence-electron chi connectivity index (χ1n) is 8.90. The van der Waals surface area contributed by atoms with Crippen LogP contribution in [0.2, 0.25) is 5.02 Å². The van der Waals surface area contributed by atoms with Gasteiger partial charge in [-0.05, 0) is 56.9 Å². The van der Waals surface area contributed by atoms with E-state index in [0.717, 1.165) is 28.8 Å². The molecule has 0 radical (unpaired) electrons. The number of benzene rings is 1. The number of ether oxygens (including phenoxy) is 1. The zero-order chi connectivity index (χ0) is 20.4. The third kappa shape index (κ3) is 4.72. The van der Waals surface area contributed by atoms with Gasteiger partial charge in [-0.2, -0.15) is 0 Å². The number of carbonyl (C=O) groups excluding carboxylic acids is 3. The van der Waals surface area contributed by atoms with Crippen molar-refractivity contribution in [1.82, 2.24) is 0 Å². The van der Waals surface area contributed by atoms with Crippen LogP contribution in [0.5, 0.6) is 0 Å². The molecular formula is C20H21ClN2O4S. The summed E-state index contributed by atoms with van der Waals surface area (Å²) in [4.78, 5) is 37.6. The Bertz CT molecular complexity index is 950. The number of thiophene rings is 1. The molecule has 1 aliphatic carbocycles. The molecule has 1 heterocycles. The van der Waals surface area contributed by atoms with Crippen LogP contribution in [0, 0.1) is 26.7 Å². The van der Waals surface area contributed by atoms with E-state index < -0.39 is 18.5 Å². The maximum absolute atomic E-state index is 12.6. The quantitative estimate of drug-likeness (QED) is 0.675. The van der Waals surface area contributed by atoms with E-state index >= 15 is 0 Å². The van der Waals surface area contributed by atoms with Gasteiger partial charge in [0.05, 0.1) is 5.56 Å². The molecule has 1 aromatic heterocycles. The fraction of sp³-hybridized carbons (Fsp3) is 0.350. The maximum Gasteiger partial charge on any atom is 0.341 e. The van der Waals surface area contributed by atoms with E-state index in [9.17, 15) is 14.4 Å². The maximum atomic E-state index is 12.6. The lowest BCUT2D eigenvalue weighted by Gasteiger charge is -2.09. The SMILES string of the molecule is Cc1ccc(NC(=O)COC(=O)c2c(NC(=O)C3CC3)sc(C)c2C)cc1Cl. The lowest BCUT2D eigenvalue weighted by atomic mass is 10.1.